The van der Waals surface area contributed by atoms with Crippen molar-refractivity contribution in [3.05, 3.63) is 70.8 Å². The number of nitrogens with one attached hydrogen (secondary N) is 1. The van der Waals surface area contributed by atoms with Gasteiger partial charge in [0, 0.05) is 27.4 Å². The molecule has 0 unspecified atom stereocenters. The molecular formula is C19H15NO. The maximum absolute atomic E-state index is 5.78. The Bertz CT molecular complexity index is 904. The van der Waals surface area contributed by atoms with Crippen LogP contribution in [0.1, 0.15) is 6.92 Å². The molecule has 102 valence electrons. The van der Waals surface area contributed by atoms with Gasteiger partial charge in [0.1, 0.15) is 5.75 Å². The number of anilines is 1. The van der Waals surface area contributed by atoms with Crippen LogP contribution < -0.4 is 20.5 Å². The van der Waals surface area contributed by atoms with E-state index >= 15 is 0 Å². The molecule has 0 saturated heterocycles. The van der Waals surface area contributed by atoms with E-state index in [1.165, 1.54) is 10.8 Å². The normalized spacial score (nSPS) is 14.6. The Hall–Kier alpha value is -2.74. The van der Waals surface area contributed by atoms with E-state index in [0.717, 1.165) is 27.9 Å². The smallest absolute Gasteiger partial charge is 0.134 e. The molecule has 2 heterocycles. The van der Waals surface area contributed by atoms with Gasteiger partial charge in [-0.05, 0) is 36.8 Å². The van der Waals surface area contributed by atoms with E-state index in [-0.39, 0.29) is 0 Å². The highest BCUT2D eigenvalue weighted by Gasteiger charge is 2.14. The monoisotopic (exact) mass is 273 g/mol. The average molecular weight is 273 g/mol. The molecule has 0 radical (unpaired) electrons. The second kappa shape index (κ2) is 4.67. The van der Waals surface area contributed by atoms with Gasteiger partial charge in [-0.3, -0.25) is 0 Å². The standard InChI is InChI=1S/C19H15NO/c1-2-5-13-8-9-15-17-12-21-19-7-4-3-6-16(19)14(17)10-11-18(15)20-13/h2-12,20H,1H3. The molecule has 0 aromatic heterocycles. The second-order valence-electron chi connectivity index (χ2n) is 5.13. The van der Waals surface area contributed by atoms with E-state index in [9.17, 15) is 0 Å². The van der Waals surface area contributed by atoms with Gasteiger partial charge >= 0.3 is 0 Å². The van der Waals surface area contributed by atoms with E-state index in [1.54, 1.807) is 0 Å². The third-order valence-electron chi connectivity index (χ3n) is 3.82. The fourth-order valence-corrected chi connectivity index (χ4v) is 2.85. The highest BCUT2D eigenvalue weighted by Crippen LogP contribution is 2.30. The zero-order chi connectivity index (χ0) is 14.2. The van der Waals surface area contributed by atoms with Crippen LogP contribution in [-0.2, 0) is 0 Å². The van der Waals surface area contributed by atoms with E-state index < -0.39 is 0 Å². The van der Waals surface area contributed by atoms with Gasteiger partial charge in [0.15, 0.2) is 0 Å². The molecule has 2 heteroatoms. The Labute approximate surface area is 123 Å². The van der Waals surface area contributed by atoms with Crippen LogP contribution in [0.4, 0.5) is 5.69 Å². The van der Waals surface area contributed by atoms with Crippen LogP contribution >= 0.6 is 0 Å². The molecule has 1 N–H and O–H groups in total. The zero-order valence-corrected chi connectivity index (χ0v) is 11.8. The molecule has 0 amide bonds. The van der Waals surface area contributed by atoms with E-state index in [2.05, 4.69) is 41.7 Å². The minimum atomic E-state index is 0.916. The molecule has 0 spiro atoms. The molecule has 0 atom stereocenters. The summed E-state index contributed by atoms with van der Waals surface area (Å²) in [6.45, 7) is 2.02. The molecule has 2 aliphatic heterocycles. The number of fused-ring (bicyclic) bond motifs is 5. The van der Waals surface area contributed by atoms with E-state index in [4.69, 9.17) is 4.74 Å². The Morgan fingerprint density at radius 2 is 1.86 bits per heavy atom. The molecule has 0 fully saturated rings. The SMILES string of the molecule is CC=CC1=CC=c2c(ccc3c2=COc2ccccc2-3)N1. The minimum absolute atomic E-state index is 0.916. The van der Waals surface area contributed by atoms with Gasteiger partial charge in [-0.15, -0.1) is 0 Å². The molecule has 2 aliphatic rings. The Balaban J connectivity index is 1.97. The van der Waals surface area contributed by atoms with Crippen LogP contribution in [0.25, 0.3) is 23.5 Å². The summed E-state index contributed by atoms with van der Waals surface area (Å²) >= 11 is 0. The van der Waals surface area contributed by atoms with Crippen molar-refractivity contribution in [3.8, 4) is 16.9 Å². The largest absolute Gasteiger partial charge is 0.464 e. The minimum Gasteiger partial charge on any atom is -0.464 e. The summed E-state index contributed by atoms with van der Waals surface area (Å²) in [5.41, 5.74) is 4.58. The molecule has 0 bridgehead atoms. The van der Waals surface area contributed by atoms with Gasteiger partial charge in [-0.2, -0.15) is 0 Å². The summed E-state index contributed by atoms with van der Waals surface area (Å²) in [4.78, 5) is 0. The summed E-state index contributed by atoms with van der Waals surface area (Å²) in [6.07, 6.45) is 10.2. The third kappa shape index (κ3) is 1.88. The lowest BCUT2D eigenvalue weighted by atomic mass is 9.98. The fourth-order valence-electron chi connectivity index (χ4n) is 2.85. The molecule has 21 heavy (non-hydrogen) atoms. The lowest BCUT2D eigenvalue weighted by Crippen LogP contribution is -2.33. The van der Waals surface area contributed by atoms with Gasteiger partial charge in [-0.25, -0.2) is 0 Å². The topological polar surface area (TPSA) is 21.3 Å². The number of benzene rings is 2. The van der Waals surface area contributed by atoms with Gasteiger partial charge < -0.3 is 10.1 Å². The van der Waals surface area contributed by atoms with Crippen molar-refractivity contribution in [3.63, 3.8) is 0 Å². The first-order chi connectivity index (χ1) is 10.4. The van der Waals surface area contributed by atoms with Crippen LogP contribution in [0.5, 0.6) is 5.75 Å². The molecule has 2 aromatic carbocycles. The maximum atomic E-state index is 5.78. The van der Waals surface area contributed by atoms with E-state index in [1.807, 2.05) is 37.5 Å². The Morgan fingerprint density at radius 3 is 2.76 bits per heavy atom. The molecule has 2 aromatic rings. The summed E-state index contributed by atoms with van der Waals surface area (Å²) in [6, 6.07) is 12.4. The first-order valence-electron chi connectivity index (χ1n) is 7.08. The fraction of sp³-hybridized carbons (Fsp3) is 0.0526. The Kier molecular flexibility index (Phi) is 2.68. The van der Waals surface area contributed by atoms with Crippen LogP contribution in [0.15, 0.2) is 60.3 Å². The number of hydrogen-bond acceptors (Lipinski definition) is 2. The predicted octanol–water partition coefficient (Wildman–Crippen LogP) is 3.15. The lowest BCUT2D eigenvalue weighted by molar-refractivity contribution is 0.537. The number of rotatable bonds is 1. The molecular weight excluding hydrogens is 258 g/mol. The van der Waals surface area contributed by atoms with Gasteiger partial charge in [0.25, 0.3) is 0 Å². The van der Waals surface area contributed by atoms with Gasteiger partial charge in [-0.1, -0.05) is 36.4 Å². The molecule has 0 saturated carbocycles. The quantitative estimate of drug-likeness (QED) is 0.862. The summed E-state index contributed by atoms with van der Waals surface area (Å²) in [7, 11) is 0. The summed E-state index contributed by atoms with van der Waals surface area (Å²) < 4.78 is 5.78. The highest BCUT2D eigenvalue weighted by atomic mass is 16.5. The van der Waals surface area contributed by atoms with Crippen molar-refractivity contribution in [2.24, 2.45) is 0 Å². The Morgan fingerprint density at radius 1 is 0.952 bits per heavy atom. The van der Waals surface area contributed by atoms with Crippen LogP contribution in [0.2, 0.25) is 0 Å². The van der Waals surface area contributed by atoms with Crippen molar-refractivity contribution < 1.29 is 4.74 Å². The van der Waals surface area contributed by atoms with Crippen molar-refractivity contribution in [1.82, 2.24) is 0 Å². The van der Waals surface area contributed by atoms with Gasteiger partial charge in [0.05, 0.1) is 6.26 Å². The van der Waals surface area contributed by atoms with Crippen LogP contribution in [0, 0.1) is 0 Å². The zero-order valence-electron chi connectivity index (χ0n) is 11.8. The highest BCUT2D eigenvalue weighted by molar-refractivity contribution is 5.78. The van der Waals surface area contributed by atoms with Crippen LogP contribution in [0.3, 0.4) is 0 Å². The van der Waals surface area contributed by atoms with Crippen molar-refractivity contribution in [2.45, 2.75) is 6.92 Å². The predicted molar refractivity (Wildman–Crippen MR) is 87.2 cm³/mol. The van der Waals surface area contributed by atoms with Crippen molar-refractivity contribution >= 4 is 18.0 Å². The number of ether oxygens (including phenoxy) is 1. The van der Waals surface area contributed by atoms with Crippen molar-refractivity contribution in [2.75, 3.05) is 5.32 Å². The maximum Gasteiger partial charge on any atom is 0.134 e. The molecule has 0 aliphatic carbocycles. The van der Waals surface area contributed by atoms with Crippen molar-refractivity contribution in [1.29, 1.82) is 0 Å². The number of allylic oxidation sites excluding steroid dienone is 3. The van der Waals surface area contributed by atoms with Crippen LogP contribution in [-0.4, -0.2) is 0 Å². The van der Waals surface area contributed by atoms with Gasteiger partial charge in [0.2, 0.25) is 0 Å². The number of para-hydroxylation sites is 1. The summed E-state index contributed by atoms with van der Waals surface area (Å²) in [5, 5.41) is 5.75. The van der Waals surface area contributed by atoms with E-state index in [0.29, 0.717) is 0 Å². The molecule has 4 rings (SSSR count). The molecule has 2 nitrogen and oxygen atoms in total. The first-order valence-corrected chi connectivity index (χ1v) is 7.08. The summed E-state index contributed by atoms with van der Waals surface area (Å²) in [5.74, 6) is 0.916. The second-order valence-corrected chi connectivity index (χ2v) is 5.13. The average Bonchev–Trinajstić information content (AvgIpc) is 2.54. The third-order valence-corrected chi connectivity index (χ3v) is 3.82. The number of hydrogen-bond donors (Lipinski definition) is 1. The first kappa shape index (κ1) is 12.0. The lowest BCUT2D eigenvalue weighted by Gasteiger charge is -2.18.